The molecular formula is C18H27ClFN3O. The largest absolute Gasteiger partial charge is 0.353 e. The van der Waals surface area contributed by atoms with Crippen molar-refractivity contribution in [1.82, 2.24) is 15.5 Å². The van der Waals surface area contributed by atoms with Gasteiger partial charge in [-0.3, -0.25) is 9.69 Å². The molecule has 6 heteroatoms. The molecule has 1 amide bonds. The summed E-state index contributed by atoms with van der Waals surface area (Å²) < 4.78 is 12.9. The fraction of sp³-hybridized carbons (Fsp3) is 0.611. The number of carbonyl (C=O) groups is 1. The Morgan fingerprint density at radius 1 is 1.12 bits per heavy atom. The van der Waals surface area contributed by atoms with Gasteiger partial charge in [-0.05, 0) is 56.5 Å². The van der Waals surface area contributed by atoms with Crippen LogP contribution in [0.3, 0.4) is 0 Å². The van der Waals surface area contributed by atoms with Gasteiger partial charge < -0.3 is 10.6 Å². The summed E-state index contributed by atoms with van der Waals surface area (Å²) in [4.78, 5) is 14.7. The van der Waals surface area contributed by atoms with Crippen LogP contribution in [0, 0.1) is 11.7 Å². The van der Waals surface area contributed by atoms with E-state index < -0.39 is 0 Å². The lowest BCUT2D eigenvalue weighted by Crippen LogP contribution is -2.47. The normalized spacial score (nSPS) is 20.4. The zero-order chi connectivity index (χ0) is 16.1. The summed E-state index contributed by atoms with van der Waals surface area (Å²) in [5.41, 5.74) is 1.14. The first kappa shape index (κ1) is 19.2. The number of likely N-dealkylation sites (tertiary alicyclic amines) is 1. The lowest BCUT2D eigenvalue weighted by Gasteiger charge is -2.33. The van der Waals surface area contributed by atoms with E-state index in [2.05, 4.69) is 15.5 Å². The number of halogens is 2. The lowest BCUT2D eigenvalue weighted by atomic mass is 9.96. The van der Waals surface area contributed by atoms with E-state index in [0.717, 1.165) is 64.0 Å². The number of amides is 1. The Morgan fingerprint density at radius 3 is 2.38 bits per heavy atom. The first-order valence-electron chi connectivity index (χ1n) is 8.68. The van der Waals surface area contributed by atoms with Crippen LogP contribution in [0.4, 0.5) is 4.39 Å². The molecule has 1 aromatic carbocycles. The molecule has 0 atom stereocenters. The molecule has 0 radical (unpaired) electrons. The highest BCUT2D eigenvalue weighted by Gasteiger charge is 2.25. The van der Waals surface area contributed by atoms with Crippen molar-refractivity contribution in [2.75, 3.05) is 26.2 Å². The second-order valence-corrected chi connectivity index (χ2v) is 6.71. The van der Waals surface area contributed by atoms with E-state index in [0.29, 0.717) is 6.04 Å². The van der Waals surface area contributed by atoms with E-state index in [4.69, 9.17) is 0 Å². The predicted octanol–water partition coefficient (Wildman–Crippen LogP) is 2.33. The SMILES string of the molecule is Cl.O=C(NC1CCN(Cc2ccc(F)cc2)CC1)C1CCNCC1. The minimum absolute atomic E-state index is 0. The molecule has 0 bridgehead atoms. The van der Waals surface area contributed by atoms with Gasteiger partial charge in [0.25, 0.3) is 0 Å². The number of piperidine rings is 2. The average Bonchev–Trinajstić information content (AvgIpc) is 2.59. The topological polar surface area (TPSA) is 44.4 Å². The summed E-state index contributed by atoms with van der Waals surface area (Å²) in [6, 6.07) is 7.03. The van der Waals surface area contributed by atoms with Crippen LogP contribution >= 0.6 is 12.4 Å². The summed E-state index contributed by atoms with van der Waals surface area (Å²) in [6.45, 7) is 4.72. The molecule has 134 valence electrons. The number of hydrogen-bond acceptors (Lipinski definition) is 3. The Kier molecular flexibility index (Phi) is 7.46. The minimum atomic E-state index is -0.187. The second kappa shape index (κ2) is 9.35. The van der Waals surface area contributed by atoms with Gasteiger partial charge in [0.05, 0.1) is 0 Å². The van der Waals surface area contributed by atoms with Gasteiger partial charge >= 0.3 is 0 Å². The van der Waals surface area contributed by atoms with E-state index in [9.17, 15) is 9.18 Å². The number of hydrogen-bond donors (Lipinski definition) is 2. The van der Waals surface area contributed by atoms with E-state index in [1.807, 2.05) is 12.1 Å². The van der Waals surface area contributed by atoms with Crippen LogP contribution in [-0.4, -0.2) is 43.0 Å². The van der Waals surface area contributed by atoms with E-state index in [1.165, 1.54) is 12.1 Å². The molecule has 2 aliphatic rings. The molecule has 0 aromatic heterocycles. The molecule has 0 unspecified atom stereocenters. The third-order valence-electron chi connectivity index (χ3n) is 4.96. The van der Waals surface area contributed by atoms with Gasteiger partial charge in [-0.25, -0.2) is 4.39 Å². The fourth-order valence-electron chi connectivity index (χ4n) is 3.49. The first-order valence-corrected chi connectivity index (χ1v) is 8.68. The van der Waals surface area contributed by atoms with Crippen LogP contribution in [0.2, 0.25) is 0 Å². The monoisotopic (exact) mass is 355 g/mol. The molecule has 2 saturated heterocycles. The summed E-state index contributed by atoms with van der Waals surface area (Å²) in [6.07, 6.45) is 3.90. The molecule has 24 heavy (non-hydrogen) atoms. The first-order chi connectivity index (χ1) is 11.2. The quantitative estimate of drug-likeness (QED) is 0.871. The van der Waals surface area contributed by atoms with Gasteiger partial charge in [0.15, 0.2) is 0 Å². The molecular weight excluding hydrogens is 329 g/mol. The Bertz CT molecular complexity index is 512. The standard InChI is InChI=1S/C18H26FN3O.ClH/c19-16-3-1-14(2-4-16)13-22-11-7-17(8-12-22)21-18(23)15-5-9-20-10-6-15;/h1-4,15,17,20H,5-13H2,(H,21,23);1H. The smallest absolute Gasteiger partial charge is 0.223 e. The maximum atomic E-state index is 12.9. The molecule has 2 N–H and O–H groups in total. The zero-order valence-corrected chi connectivity index (χ0v) is 14.8. The predicted molar refractivity (Wildman–Crippen MR) is 95.7 cm³/mol. The Hall–Kier alpha value is -1.17. The van der Waals surface area contributed by atoms with Crippen molar-refractivity contribution in [2.24, 2.45) is 5.92 Å². The van der Waals surface area contributed by atoms with Crippen LogP contribution in [0.5, 0.6) is 0 Å². The summed E-state index contributed by atoms with van der Waals surface area (Å²) in [5.74, 6) is 0.241. The summed E-state index contributed by atoms with van der Waals surface area (Å²) in [7, 11) is 0. The molecule has 4 nitrogen and oxygen atoms in total. The van der Waals surface area contributed by atoms with Crippen LogP contribution in [0.1, 0.15) is 31.2 Å². The molecule has 2 aliphatic heterocycles. The fourth-order valence-corrected chi connectivity index (χ4v) is 3.49. The minimum Gasteiger partial charge on any atom is -0.353 e. The van der Waals surface area contributed by atoms with Crippen molar-refractivity contribution >= 4 is 18.3 Å². The third-order valence-corrected chi connectivity index (χ3v) is 4.96. The van der Waals surface area contributed by atoms with Gasteiger partial charge in [-0.1, -0.05) is 12.1 Å². The van der Waals surface area contributed by atoms with Gasteiger partial charge in [0.1, 0.15) is 5.82 Å². The summed E-state index contributed by atoms with van der Waals surface area (Å²) in [5, 5.41) is 6.53. The maximum absolute atomic E-state index is 12.9. The van der Waals surface area contributed by atoms with E-state index >= 15 is 0 Å². The van der Waals surface area contributed by atoms with E-state index in [-0.39, 0.29) is 30.0 Å². The third kappa shape index (κ3) is 5.43. The number of benzene rings is 1. The van der Waals surface area contributed by atoms with Gasteiger partial charge in [-0.15, -0.1) is 12.4 Å². The van der Waals surface area contributed by atoms with Crippen LogP contribution < -0.4 is 10.6 Å². The number of nitrogens with zero attached hydrogens (tertiary/aromatic N) is 1. The van der Waals surface area contributed by atoms with E-state index in [1.54, 1.807) is 0 Å². The van der Waals surface area contributed by atoms with Gasteiger partial charge in [0.2, 0.25) is 5.91 Å². The lowest BCUT2D eigenvalue weighted by molar-refractivity contribution is -0.126. The van der Waals surface area contributed by atoms with Crippen molar-refractivity contribution < 1.29 is 9.18 Å². The zero-order valence-electron chi connectivity index (χ0n) is 14.0. The Balaban J connectivity index is 0.00000208. The Labute approximate surface area is 149 Å². The molecule has 0 spiro atoms. The van der Waals surface area contributed by atoms with Crippen molar-refractivity contribution in [2.45, 2.75) is 38.3 Å². The van der Waals surface area contributed by atoms with Gasteiger partial charge in [0, 0.05) is 31.6 Å². The van der Waals surface area contributed by atoms with Crippen molar-refractivity contribution in [3.63, 3.8) is 0 Å². The van der Waals surface area contributed by atoms with Crippen molar-refractivity contribution in [3.8, 4) is 0 Å². The van der Waals surface area contributed by atoms with Crippen molar-refractivity contribution in [3.05, 3.63) is 35.6 Å². The van der Waals surface area contributed by atoms with Crippen LogP contribution in [0.15, 0.2) is 24.3 Å². The number of carbonyl (C=O) groups excluding carboxylic acids is 1. The second-order valence-electron chi connectivity index (χ2n) is 6.71. The number of rotatable bonds is 4. The van der Waals surface area contributed by atoms with Crippen LogP contribution in [-0.2, 0) is 11.3 Å². The Morgan fingerprint density at radius 2 is 1.75 bits per heavy atom. The highest BCUT2D eigenvalue weighted by molar-refractivity contribution is 5.85. The highest BCUT2D eigenvalue weighted by atomic mass is 35.5. The highest BCUT2D eigenvalue weighted by Crippen LogP contribution is 2.17. The molecule has 2 fully saturated rings. The van der Waals surface area contributed by atoms with Crippen molar-refractivity contribution in [1.29, 1.82) is 0 Å². The molecule has 1 aromatic rings. The molecule has 3 rings (SSSR count). The molecule has 2 heterocycles. The van der Waals surface area contributed by atoms with Gasteiger partial charge in [-0.2, -0.15) is 0 Å². The number of nitrogens with one attached hydrogen (secondary N) is 2. The van der Waals surface area contributed by atoms with Crippen LogP contribution in [0.25, 0.3) is 0 Å². The average molecular weight is 356 g/mol. The maximum Gasteiger partial charge on any atom is 0.223 e. The molecule has 0 saturated carbocycles. The summed E-state index contributed by atoms with van der Waals surface area (Å²) >= 11 is 0. The molecule has 0 aliphatic carbocycles.